The highest BCUT2D eigenvalue weighted by Gasteiger charge is 2.37. The molecule has 1 aliphatic carbocycles. The van der Waals surface area contributed by atoms with Crippen LogP contribution in [0.2, 0.25) is 0 Å². The second-order valence-corrected chi connectivity index (χ2v) is 5.07. The van der Waals surface area contributed by atoms with Crippen molar-refractivity contribution in [2.24, 2.45) is 5.41 Å². The fourth-order valence-electron chi connectivity index (χ4n) is 2.86. The molecule has 0 bridgehead atoms. The quantitative estimate of drug-likeness (QED) is 0.708. The first kappa shape index (κ1) is 12.0. The van der Waals surface area contributed by atoms with Gasteiger partial charge in [-0.15, -0.1) is 0 Å². The Morgan fingerprint density at radius 1 is 1.44 bits per heavy atom. The minimum atomic E-state index is -0.148. The van der Waals surface area contributed by atoms with E-state index < -0.39 is 0 Å². The molecule has 92 valence electrons. The van der Waals surface area contributed by atoms with Crippen LogP contribution >= 0.6 is 0 Å². The third kappa shape index (κ3) is 2.44. The molecule has 4 heteroatoms. The lowest BCUT2D eigenvalue weighted by Crippen LogP contribution is -2.51. The van der Waals surface area contributed by atoms with Crippen LogP contribution in [-0.2, 0) is 9.53 Å². The van der Waals surface area contributed by atoms with Gasteiger partial charge in [-0.1, -0.05) is 12.8 Å². The van der Waals surface area contributed by atoms with E-state index in [4.69, 9.17) is 4.74 Å². The smallest absolute Gasteiger partial charge is 0.127 e. The highest BCUT2D eigenvalue weighted by molar-refractivity contribution is 5.60. The monoisotopic (exact) mass is 227 g/mol. The first-order chi connectivity index (χ1) is 7.79. The summed E-state index contributed by atoms with van der Waals surface area (Å²) in [5.74, 6) is 0. The fourth-order valence-corrected chi connectivity index (χ4v) is 2.86. The standard InChI is InChI=1S/C12H21NO3/c14-7-11-8-16-6-5-13(11)9-12(10-15)3-1-2-4-12/h10-11,14H,1-9H2. The Labute approximate surface area is 96.6 Å². The zero-order chi connectivity index (χ0) is 11.4. The van der Waals surface area contributed by atoms with Crippen LogP contribution in [0.15, 0.2) is 0 Å². The van der Waals surface area contributed by atoms with Gasteiger partial charge >= 0.3 is 0 Å². The Hall–Kier alpha value is -0.450. The molecular weight excluding hydrogens is 206 g/mol. The Balaban J connectivity index is 1.97. The first-order valence-corrected chi connectivity index (χ1v) is 6.19. The van der Waals surface area contributed by atoms with Gasteiger partial charge < -0.3 is 14.6 Å². The van der Waals surface area contributed by atoms with Crippen LogP contribution < -0.4 is 0 Å². The van der Waals surface area contributed by atoms with Crippen LogP contribution in [-0.4, -0.2) is 55.2 Å². The third-order valence-electron chi connectivity index (χ3n) is 3.93. The second-order valence-electron chi connectivity index (χ2n) is 5.07. The third-order valence-corrected chi connectivity index (χ3v) is 3.93. The van der Waals surface area contributed by atoms with Crippen molar-refractivity contribution >= 4 is 6.29 Å². The van der Waals surface area contributed by atoms with Gasteiger partial charge in [-0.3, -0.25) is 4.90 Å². The van der Waals surface area contributed by atoms with E-state index in [2.05, 4.69) is 4.90 Å². The number of aldehydes is 1. The highest BCUT2D eigenvalue weighted by Crippen LogP contribution is 2.37. The van der Waals surface area contributed by atoms with Gasteiger partial charge in [0.1, 0.15) is 6.29 Å². The minimum absolute atomic E-state index is 0.0752. The topological polar surface area (TPSA) is 49.8 Å². The molecule has 1 heterocycles. The molecule has 0 spiro atoms. The molecule has 1 N–H and O–H groups in total. The Morgan fingerprint density at radius 3 is 2.81 bits per heavy atom. The molecule has 0 aromatic rings. The molecule has 2 aliphatic rings. The molecule has 1 atom stereocenters. The molecule has 4 nitrogen and oxygen atoms in total. The summed E-state index contributed by atoms with van der Waals surface area (Å²) in [6, 6.07) is 0.0752. The Morgan fingerprint density at radius 2 is 2.19 bits per heavy atom. The van der Waals surface area contributed by atoms with Crippen molar-refractivity contribution in [2.45, 2.75) is 31.7 Å². The van der Waals surface area contributed by atoms with Crippen molar-refractivity contribution in [1.82, 2.24) is 4.90 Å². The summed E-state index contributed by atoms with van der Waals surface area (Å²) in [6.45, 7) is 3.05. The first-order valence-electron chi connectivity index (χ1n) is 6.19. The van der Waals surface area contributed by atoms with E-state index in [0.29, 0.717) is 13.2 Å². The number of aliphatic hydroxyl groups excluding tert-OH is 1. The van der Waals surface area contributed by atoms with Crippen LogP contribution in [0, 0.1) is 5.41 Å². The van der Waals surface area contributed by atoms with Gasteiger partial charge in [-0.25, -0.2) is 0 Å². The summed E-state index contributed by atoms with van der Waals surface area (Å²) in [6.07, 6.45) is 5.47. The highest BCUT2D eigenvalue weighted by atomic mass is 16.5. The van der Waals surface area contributed by atoms with E-state index in [1.54, 1.807) is 0 Å². The number of nitrogens with zero attached hydrogens (tertiary/aromatic N) is 1. The molecule has 2 fully saturated rings. The van der Waals surface area contributed by atoms with Gasteiger partial charge in [-0.05, 0) is 12.8 Å². The van der Waals surface area contributed by atoms with Crippen LogP contribution in [0.25, 0.3) is 0 Å². The number of ether oxygens (including phenoxy) is 1. The molecule has 1 saturated heterocycles. The summed E-state index contributed by atoms with van der Waals surface area (Å²) < 4.78 is 5.34. The molecule has 2 rings (SSSR count). The molecule has 0 aromatic carbocycles. The van der Waals surface area contributed by atoms with Gasteiger partial charge in [0.25, 0.3) is 0 Å². The lowest BCUT2D eigenvalue weighted by Gasteiger charge is -2.38. The second kappa shape index (κ2) is 5.25. The number of carbonyl (C=O) groups excluding carboxylic acids is 1. The van der Waals surface area contributed by atoms with E-state index in [9.17, 15) is 9.90 Å². The maximum atomic E-state index is 11.3. The van der Waals surface area contributed by atoms with Gasteiger partial charge in [0.2, 0.25) is 0 Å². The number of carbonyl (C=O) groups is 1. The van der Waals surface area contributed by atoms with Gasteiger partial charge in [0.15, 0.2) is 0 Å². The van der Waals surface area contributed by atoms with E-state index in [0.717, 1.165) is 45.1 Å². The van der Waals surface area contributed by atoms with Gasteiger partial charge in [0, 0.05) is 18.5 Å². The van der Waals surface area contributed by atoms with Gasteiger partial charge in [-0.2, -0.15) is 0 Å². The SMILES string of the molecule is O=CC1(CN2CCOCC2CO)CCCC1. The lowest BCUT2D eigenvalue weighted by atomic mass is 9.87. The lowest BCUT2D eigenvalue weighted by molar-refractivity contribution is -0.119. The Bertz CT molecular complexity index is 238. The molecule has 0 aromatic heterocycles. The maximum absolute atomic E-state index is 11.3. The zero-order valence-electron chi connectivity index (χ0n) is 9.73. The minimum Gasteiger partial charge on any atom is -0.395 e. The molecule has 16 heavy (non-hydrogen) atoms. The summed E-state index contributed by atoms with van der Waals surface area (Å²) in [5.41, 5.74) is -0.148. The van der Waals surface area contributed by atoms with E-state index >= 15 is 0 Å². The van der Waals surface area contributed by atoms with Crippen LogP contribution in [0.5, 0.6) is 0 Å². The number of morpholine rings is 1. The molecule has 1 aliphatic heterocycles. The van der Waals surface area contributed by atoms with Gasteiger partial charge in [0.05, 0.1) is 25.9 Å². The van der Waals surface area contributed by atoms with Crippen LogP contribution in [0.4, 0.5) is 0 Å². The average Bonchev–Trinajstić information content (AvgIpc) is 2.79. The van der Waals surface area contributed by atoms with E-state index in [1.165, 1.54) is 0 Å². The molecular formula is C12H21NO3. The summed E-state index contributed by atoms with van der Waals surface area (Å²) in [4.78, 5) is 13.5. The molecule has 0 radical (unpaired) electrons. The normalized spacial score (nSPS) is 30.4. The van der Waals surface area contributed by atoms with Crippen molar-refractivity contribution in [2.75, 3.05) is 32.9 Å². The van der Waals surface area contributed by atoms with Crippen molar-refractivity contribution in [3.63, 3.8) is 0 Å². The number of aliphatic hydroxyl groups is 1. The van der Waals surface area contributed by atoms with Crippen molar-refractivity contribution in [1.29, 1.82) is 0 Å². The predicted molar refractivity (Wildman–Crippen MR) is 60.2 cm³/mol. The van der Waals surface area contributed by atoms with Crippen molar-refractivity contribution in [3.8, 4) is 0 Å². The van der Waals surface area contributed by atoms with Crippen LogP contribution in [0.3, 0.4) is 0 Å². The summed E-state index contributed by atoms with van der Waals surface area (Å²) in [5, 5.41) is 9.28. The van der Waals surface area contributed by atoms with Crippen molar-refractivity contribution < 1.29 is 14.6 Å². The fraction of sp³-hybridized carbons (Fsp3) is 0.917. The zero-order valence-corrected chi connectivity index (χ0v) is 9.73. The van der Waals surface area contributed by atoms with E-state index in [-0.39, 0.29) is 18.1 Å². The van der Waals surface area contributed by atoms with E-state index in [1.807, 2.05) is 0 Å². The predicted octanol–water partition coefficient (Wildman–Crippen LogP) is 0.439. The molecule has 1 saturated carbocycles. The molecule has 0 amide bonds. The number of rotatable bonds is 4. The Kier molecular flexibility index (Phi) is 3.95. The average molecular weight is 227 g/mol. The van der Waals surface area contributed by atoms with Crippen LogP contribution in [0.1, 0.15) is 25.7 Å². The summed E-state index contributed by atoms with van der Waals surface area (Å²) >= 11 is 0. The largest absolute Gasteiger partial charge is 0.395 e. The maximum Gasteiger partial charge on any atom is 0.127 e. The summed E-state index contributed by atoms with van der Waals surface area (Å²) in [7, 11) is 0. The number of hydrogen-bond acceptors (Lipinski definition) is 4. The molecule has 1 unspecified atom stereocenters. The number of hydrogen-bond donors (Lipinski definition) is 1. The van der Waals surface area contributed by atoms with Crippen molar-refractivity contribution in [3.05, 3.63) is 0 Å².